The largest absolute Gasteiger partial charge is 0.497 e. The van der Waals surface area contributed by atoms with E-state index in [-0.39, 0.29) is 5.91 Å². The summed E-state index contributed by atoms with van der Waals surface area (Å²) in [6.07, 6.45) is 0. The Hall–Kier alpha value is -2.49. The molecule has 0 fully saturated rings. The summed E-state index contributed by atoms with van der Waals surface area (Å²) in [5, 5.41) is 2.88. The summed E-state index contributed by atoms with van der Waals surface area (Å²) in [4.78, 5) is 12.2. The van der Waals surface area contributed by atoms with Crippen molar-refractivity contribution in [2.45, 2.75) is 13.8 Å². The Morgan fingerprint density at radius 3 is 2.50 bits per heavy atom. The minimum atomic E-state index is -0.173. The highest BCUT2D eigenvalue weighted by Gasteiger charge is 2.09. The van der Waals surface area contributed by atoms with E-state index in [0.717, 1.165) is 22.6 Å². The number of nitrogens with one attached hydrogen (secondary N) is 1. The van der Waals surface area contributed by atoms with E-state index in [0.29, 0.717) is 11.3 Å². The van der Waals surface area contributed by atoms with Crippen LogP contribution in [-0.4, -0.2) is 13.0 Å². The molecule has 4 nitrogen and oxygen atoms in total. The number of carbonyl (C=O) groups excluding carboxylic acids is 1. The van der Waals surface area contributed by atoms with E-state index < -0.39 is 0 Å². The average molecular weight is 270 g/mol. The van der Waals surface area contributed by atoms with Crippen LogP contribution in [0.4, 0.5) is 11.4 Å². The molecule has 0 saturated carbocycles. The maximum absolute atomic E-state index is 12.2. The van der Waals surface area contributed by atoms with Crippen LogP contribution in [0.2, 0.25) is 0 Å². The fourth-order valence-electron chi connectivity index (χ4n) is 2.04. The molecule has 2 aromatic rings. The van der Waals surface area contributed by atoms with Crippen LogP contribution < -0.4 is 15.8 Å². The third kappa shape index (κ3) is 3.09. The monoisotopic (exact) mass is 270 g/mol. The van der Waals surface area contributed by atoms with Crippen molar-refractivity contribution in [1.82, 2.24) is 0 Å². The van der Waals surface area contributed by atoms with Gasteiger partial charge in [-0.15, -0.1) is 0 Å². The zero-order valence-corrected chi connectivity index (χ0v) is 11.9. The fraction of sp³-hybridized carbons (Fsp3) is 0.188. The van der Waals surface area contributed by atoms with Gasteiger partial charge in [0.1, 0.15) is 5.75 Å². The predicted molar refractivity (Wildman–Crippen MR) is 81.3 cm³/mol. The van der Waals surface area contributed by atoms with E-state index in [1.54, 1.807) is 13.2 Å². The Morgan fingerprint density at radius 2 is 1.90 bits per heavy atom. The summed E-state index contributed by atoms with van der Waals surface area (Å²) in [7, 11) is 1.61. The highest BCUT2D eigenvalue weighted by Crippen LogP contribution is 2.22. The number of ether oxygens (including phenoxy) is 1. The number of anilines is 2. The number of aryl methyl sites for hydroxylation is 2. The average Bonchev–Trinajstić information content (AvgIpc) is 2.39. The Bertz CT molecular complexity index is 631. The Balaban J connectivity index is 2.23. The Morgan fingerprint density at radius 1 is 1.15 bits per heavy atom. The van der Waals surface area contributed by atoms with E-state index in [1.807, 2.05) is 44.2 Å². The number of hydrogen-bond donors (Lipinski definition) is 2. The van der Waals surface area contributed by atoms with Gasteiger partial charge in [-0.05, 0) is 61.4 Å². The first-order chi connectivity index (χ1) is 9.49. The van der Waals surface area contributed by atoms with E-state index in [4.69, 9.17) is 10.5 Å². The minimum absolute atomic E-state index is 0.173. The molecular formula is C16H18N2O2. The smallest absolute Gasteiger partial charge is 0.255 e. The van der Waals surface area contributed by atoms with Crippen LogP contribution in [0, 0.1) is 13.8 Å². The molecule has 4 heteroatoms. The number of benzene rings is 2. The zero-order valence-electron chi connectivity index (χ0n) is 11.9. The van der Waals surface area contributed by atoms with Crippen molar-refractivity contribution in [3.63, 3.8) is 0 Å². The molecule has 3 N–H and O–H groups in total. The standard InChI is InChI=1S/C16H18N2O2/c1-10-6-12(9-13(17)7-10)16(19)18-15-5-4-14(20-3)8-11(15)2/h4-9H,17H2,1-3H3,(H,18,19). The molecule has 0 heterocycles. The zero-order chi connectivity index (χ0) is 14.7. The van der Waals surface area contributed by atoms with Crippen molar-refractivity contribution in [3.8, 4) is 5.75 Å². The van der Waals surface area contributed by atoms with Gasteiger partial charge in [-0.25, -0.2) is 0 Å². The summed E-state index contributed by atoms with van der Waals surface area (Å²) in [5.74, 6) is 0.592. The first-order valence-corrected chi connectivity index (χ1v) is 6.33. The lowest BCUT2D eigenvalue weighted by molar-refractivity contribution is 0.102. The first kappa shape index (κ1) is 13.9. The van der Waals surface area contributed by atoms with Crippen molar-refractivity contribution in [3.05, 3.63) is 53.1 Å². The predicted octanol–water partition coefficient (Wildman–Crippen LogP) is 3.15. The number of nitrogens with two attached hydrogens (primary N) is 1. The first-order valence-electron chi connectivity index (χ1n) is 6.33. The highest BCUT2D eigenvalue weighted by atomic mass is 16.5. The van der Waals surface area contributed by atoms with Crippen LogP contribution in [0.3, 0.4) is 0 Å². The van der Waals surface area contributed by atoms with Gasteiger partial charge in [-0.1, -0.05) is 0 Å². The summed E-state index contributed by atoms with van der Waals surface area (Å²) in [6.45, 7) is 3.83. The number of hydrogen-bond acceptors (Lipinski definition) is 3. The molecule has 0 radical (unpaired) electrons. The number of carbonyl (C=O) groups is 1. The van der Waals surface area contributed by atoms with Gasteiger partial charge in [-0.2, -0.15) is 0 Å². The maximum atomic E-state index is 12.2. The second-order valence-electron chi connectivity index (χ2n) is 4.77. The van der Waals surface area contributed by atoms with Gasteiger partial charge in [0.05, 0.1) is 7.11 Å². The van der Waals surface area contributed by atoms with Crippen LogP contribution >= 0.6 is 0 Å². The Kier molecular flexibility index (Phi) is 3.94. The number of amides is 1. The maximum Gasteiger partial charge on any atom is 0.255 e. The third-order valence-corrected chi connectivity index (χ3v) is 3.04. The van der Waals surface area contributed by atoms with Crippen LogP contribution in [0.15, 0.2) is 36.4 Å². The lowest BCUT2D eigenvalue weighted by Crippen LogP contribution is -2.13. The quantitative estimate of drug-likeness (QED) is 0.842. The molecule has 0 aromatic heterocycles. The Labute approximate surface area is 118 Å². The second-order valence-corrected chi connectivity index (χ2v) is 4.77. The molecule has 1 amide bonds. The number of methoxy groups -OCH3 is 1. The number of rotatable bonds is 3. The van der Waals surface area contributed by atoms with Gasteiger partial charge >= 0.3 is 0 Å². The van der Waals surface area contributed by atoms with Gasteiger partial charge in [-0.3, -0.25) is 4.79 Å². The topological polar surface area (TPSA) is 64.3 Å². The molecular weight excluding hydrogens is 252 g/mol. The third-order valence-electron chi connectivity index (χ3n) is 3.04. The summed E-state index contributed by atoms with van der Waals surface area (Å²) in [5.41, 5.74) is 9.56. The molecule has 104 valence electrons. The molecule has 0 aliphatic heterocycles. The molecule has 0 atom stereocenters. The molecule has 0 spiro atoms. The van der Waals surface area contributed by atoms with Gasteiger partial charge in [0.15, 0.2) is 0 Å². The van der Waals surface area contributed by atoms with Crippen LogP contribution in [0.1, 0.15) is 21.5 Å². The summed E-state index contributed by atoms with van der Waals surface area (Å²) >= 11 is 0. The van der Waals surface area contributed by atoms with Crippen LogP contribution in [0.25, 0.3) is 0 Å². The van der Waals surface area contributed by atoms with E-state index in [2.05, 4.69) is 5.32 Å². The summed E-state index contributed by atoms with van der Waals surface area (Å²) in [6, 6.07) is 10.8. The molecule has 20 heavy (non-hydrogen) atoms. The second kappa shape index (κ2) is 5.65. The van der Waals surface area contributed by atoms with E-state index >= 15 is 0 Å². The van der Waals surface area contributed by atoms with E-state index in [1.165, 1.54) is 0 Å². The van der Waals surface area contributed by atoms with Gasteiger partial charge in [0, 0.05) is 16.9 Å². The van der Waals surface area contributed by atoms with Crippen molar-refractivity contribution in [2.24, 2.45) is 0 Å². The van der Waals surface area contributed by atoms with Crippen molar-refractivity contribution < 1.29 is 9.53 Å². The van der Waals surface area contributed by atoms with E-state index in [9.17, 15) is 4.79 Å². The molecule has 0 bridgehead atoms. The van der Waals surface area contributed by atoms with Gasteiger partial charge in [0.25, 0.3) is 5.91 Å². The van der Waals surface area contributed by atoms with Crippen molar-refractivity contribution in [2.75, 3.05) is 18.2 Å². The van der Waals surface area contributed by atoms with Crippen molar-refractivity contribution in [1.29, 1.82) is 0 Å². The molecule has 0 saturated heterocycles. The number of nitrogen functional groups attached to an aromatic ring is 1. The normalized spacial score (nSPS) is 10.2. The SMILES string of the molecule is COc1ccc(NC(=O)c2cc(C)cc(N)c2)c(C)c1. The lowest BCUT2D eigenvalue weighted by atomic mass is 10.1. The van der Waals surface area contributed by atoms with Crippen molar-refractivity contribution >= 4 is 17.3 Å². The van der Waals surface area contributed by atoms with Gasteiger partial charge in [0.2, 0.25) is 0 Å². The molecule has 2 aromatic carbocycles. The van der Waals surface area contributed by atoms with Crippen LogP contribution in [0.5, 0.6) is 5.75 Å². The molecule has 0 aliphatic rings. The molecule has 0 unspecified atom stereocenters. The molecule has 2 rings (SSSR count). The minimum Gasteiger partial charge on any atom is -0.497 e. The summed E-state index contributed by atoms with van der Waals surface area (Å²) < 4.78 is 5.14. The van der Waals surface area contributed by atoms with Gasteiger partial charge < -0.3 is 15.8 Å². The van der Waals surface area contributed by atoms with Crippen LogP contribution in [-0.2, 0) is 0 Å². The molecule has 0 aliphatic carbocycles. The highest BCUT2D eigenvalue weighted by molar-refractivity contribution is 6.05. The lowest BCUT2D eigenvalue weighted by Gasteiger charge is -2.10. The fourth-order valence-corrected chi connectivity index (χ4v) is 2.04.